The van der Waals surface area contributed by atoms with Gasteiger partial charge in [-0.3, -0.25) is 0 Å². The molecular formula is C11H17FN2O2. The molecule has 16 heavy (non-hydrogen) atoms. The van der Waals surface area contributed by atoms with E-state index in [1.807, 2.05) is 0 Å². The van der Waals surface area contributed by atoms with Crippen molar-refractivity contribution in [3.05, 3.63) is 17.9 Å². The summed E-state index contributed by atoms with van der Waals surface area (Å²) in [4.78, 5) is 0. The van der Waals surface area contributed by atoms with Crippen LogP contribution in [0.1, 0.15) is 13.8 Å². The van der Waals surface area contributed by atoms with Gasteiger partial charge in [0.05, 0.1) is 24.1 Å². The van der Waals surface area contributed by atoms with Crippen molar-refractivity contribution < 1.29 is 14.2 Å². The second kappa shape index (κ2) is 5.55. The van der Waals surface area contributed by atoms with Crippen molar-refractivity contribution in [1.29, 1.82) is 0 Å². The summed E-state index contributed by atoms with van der Waals surface area (Å²) in [6.45, 7) is 4.16. The molecule has 1 unspecified atom stereocenters. The first-order valence-electron chi connectivity index (χ1n) is 5.18. The van der Waals surface area contributed by atoms with Gasteiger partial charge in [0.15, 0.2) is 11.6 Å². The average molecular weight is 228 g/mol. The van der Waals surface area contributed by atoms with Crippen LogP contribution in [0.3, 0.4) is 0 Å². The number of aliphatic hydroxyl groups is 1. The number of anilines is 2. The fourth-order valence-electron chi connectivity index (χ4n) is 1.25. The molecule has 0 fully saturated rings. The summed E-state index contributed by atoms with van der Waals surface area (Å²) < 4.78 is 18.4. The third-order valence-electron chi connectivity index (χ3n) is 1.99. The molecule has 1 atom stereocenters. The van der Waals surface area contributed by atoms with Crippen molar-refractivity contribution in [1.82, 2.24) is 0 Å². The minimum absolute atomic E-state index is 0.157. The number of halogens is 1. The molecule has 0 aliphatic rings. The molecule has 0 radical (unpaired) electrons. The molecule has 0 saturated heterocycles. The zero-order valence-electron chi connectivity index (χ0n) is 9.46. The summed E-state index contributed by atoms with van der Waals surface area (Å²) in [5.74, 6) is -0.327. The topological polar surface area (TPSA) is 67.5 Å². The Labute approximate surface area is 94.2 Å². The number of hydrogen-bond acceptors (Lipinski definition) is 4. The molecule has 1 aromatic carbocycles. The first-order chi connectivity index (χ1) is 7.54. The first-order valence-corrected chi connectivity index (χ1v) is 5.18. The number of benzene rings is 1. The van der Waals surface area contributed by atoms with E-state index in [-0.39, 0.29) is 5.75 Å². The van der Waals surface area contributed by atoms with Crippen LogP contribution in [0, 0.1) is 5.82 Å². The fourth-order valence-corrected chi connectivity index (χ4v) is 1.25. The van der Waals surface area contributed by atoms with Crippen molar-refractivity contribution in [2.24, 2.45) is 0 Å². The summed E-state index contributed by atoms with van der Waals surface area (Å²) in [5.41, 5.74) is 6.49. The highest BCUT2D eigenvalue weighted by molar-refractivity contribution is 5.68. The van der Waals surface area contributed by atoms with Crippen LogP contribution >= 0.6 is 0 Å². The third-order valence-corrected chi connectivity index (χ3v) is 1.99. The fraction of sp³-hybridized carbons (Fsp3) is 0.455. The maximum absolute atomic E-state index is 13.3. The van der Waals surface area contributed by atoms with Gasteiger partial charge in [0.2, 0.25) is 0 Å². The molecule has 0 heterocycles. The second-order valence-electron chi connectivity index (χ2n) is 3.53. The monoisotopic (exact) mass is 228 g/mol. The van der Waals surface area contributed by atoms with Crippen LogP contribution < -0.4 is 15.8 Å². The number of hydrogen-bond donors (Lipinski definition) is 3. The van der Waals surface area contributed by atoms with Crippen molar-refractivity contribution in [2.75, 3.05) is 24.2 Å². The van der Waals surface area contributed by atoms with Gasteiger partial charge < -0.3 is 20.9 Å². The van der Waals surface area contributed by atoms with Gasteiger partial charge in [-0.2, -0.15) is 0 Å². The van der Waals surface area contributed by atoms with Crippen molar-refractivity contribution >= 4 is 11.4 Å². The van der Waals surface area contributed by atoms with Crippen molar-refractivity contribution in [3.8, 4) is 5.75 Å². The van der Waals surface area contributed by atoms with E-state index in [0.29, 0.717) is 24.5 Å². The van der Waals surface area contributed by atoms with Gasteiger partial charge in [0.25, 0.3) is 0 Å². The lowest BCUT2D eigenvalue weighted by atomic mass is 10.2. The Hall–Kier alpha value is -1.49. The van der Waals surface area contributed by atoms with Gasteiger partial charge >= 0.3 is 0 Å². The lowest BCUT2D eigenvalue weighted by Crippen LogP contribution is -2.16. The minimum Gasteiger partial charge on any atom is -0.491 e. The Morgan fingerprint density at radius 2 is 2.25 bits per heavy atom. The maximum atomic E-state index is 13.3. The predicted molar refractivity (Wildman–Crippen MR) is 62.2 cm³/mol. The molecule has 4 N–H and O–H groups in total. The average Bonchev–Trinajstić information content (AvgIpc) is 2.20. The van der Waals surface area contributed by atoms with Gasteiger partial charge in [0.1, 0.15) is 0 Å². The molecule has 0 amide bonds. The van der Waals surface area contributed by atoms with E-state index in [1.54, 1.807) is 13.8 Å². The number of rotatable bonds is 5. The molecule has 1 aromatic rings. The Kier molecular flexibility index (Phi) is 4.37. The summed E-state index contributed by atoms with van der Waals surface area (Å²) in [6, 6.07) is 2.70. The Balaban J connectivity index is 2.86. The van der Waals surface area contributed by atoms with Crippen molar-refractivity contribution in [3.63, 3.8) is 0 Å². The van der Waals surface area contributed by atoms with Crippen LogP contribution in [-0.2, 0) is 0 Å². The van der Waals surface area contributed by atoms with E-state index in [0.717, 1.165) is 0 Å². The van der Waals surface area contributed by atoms with Gasteiger partial charge in [-0.05, 0) is 13.8 Å². The number of nitrogens with one attached hydrogen (secondary N) is 1. The van der Waals surface area contributed by atoms with E-state index in [2.05, 4.69) is 5.32 Å². The van der Waals surface area contributed by atoms with E-state index in [4.69, 9.17) is 15.6 Å². The number of ether oxygens (including phenoxy) is 1. The standard InChI is InChI=1S/C11H17FN2O2/c1-3-16-11-5-10(14-6-7(2)15)9(13)4-8(11)12/h4-5,7,14-15H,3,6,13H2,1-2H3. The van der Waals surface area contributed by atoms with Crippen LogP contribution in [0.15, 0.2) is 12.1 Å². The molecule has 1 rings (SSSR count). The zero-order valence-corrected chi connectivity index (χ0v) is 9.46. The molecular weight excluding hydrogens is 211 g/mol. The summed E-state index contributed by atoms with van der Waals surface area (Å²) in [5, 5.41) is 12.0. The van der Waals surface area contributed by atoms with E-state index >= 15 is 0 Å². The van der Waals surface area contributed by atoms with Gasteiger partial charge in [-0.25, -0.2) is 4.39 Å². The maximum Gasteiger partial charge on any atom is 0.167 e. The van der Waals surface area contributed by atoms with Crippen LogP contribution in [-0.4, -0.2) is 24.4 Å². The summed E-state index contributed by atoms with van der Waals surface area (Å²) in [7, 11) is 0. The smallest absolute Gasteiger partial charge is 0.167 e. The molecule has 0 aromatic heterocycles. The SMILES string of the molecule is CCOc1cc(NCC(C)O)c(N)cc1F. The molecule has 5 heteroatoms. The second-order valence-corrected chi connectivity index (χ2v) is 3.53. The van der Waals surface area contributed by atoms with Crippen LogP contribution in [0.2, 0.25) is 0 Å². The zero-order chi connectivity index (χ0) is 12.1. The minimum atomic E-state index is -0.500. The number of nitrogens with two attached hydrogens (primary N) is 1. The molecule has 0 saturated carbocycles. The normalized spacial score (nSPS) is 12.2. The van der Waals surface area contributed by atoms with Gasteiger partial charge in [0, 0.05) is 18.7 Å². The highest BCUT2D eigenvalue weighted by Gasteiger charge is 2.09. The van der Waals surface area contributed by atoms with Crippen LogP contribution in [0.4, 0.5) is 15.8 Å². The Bertz CT molecular complexity index is 356. The summed E-state index contributed by atoms with van der Waals surface area (Å²) in [6.07, 6.45) is -0.500. The highest BCUT2D eigenvalue weighted by atomic mass is 19.1. The Morgan fingerprint density at radius 1 is 1.56 bits per heavy atom. The molecule has 90 valence electrons. The quantitative estimate of drug-likeness (QED) is 0.670. The number of nitrogen functional groups attached to an aromatic ring is 1. The molecule has 0 aliphatic heterocycles. The Morgan fingerprint density at radius 3 is 2.81 bits per heavy atom. The molecule has 0 spiro atoms. The largest absolute Gasteiger partial charge is 0.491 e. The van der Waals surface area contributed by atoms with E-state index < -0.39 is 11.9 Å². The first kappa shape index (κ1) is 12.6. The molecule has 4 nitrogen and oxygen atoms in total. The van der Waals surface area contributed by atoms with E-state index in [9.17, 15) is 4.39 Å². The number of aliphatic hydroxyl groups excluding tert-OH is 1. The third kappa shape index (κ3) is 3.27. The van der Waals surface area contributed by atoms with Crippen LogP contribution in [0.5, 0.6) is 5.75 Å². The van der Waals surface area contributed by atoms with Crippen LogP contribution in [0.25, 0.3) is 0 Å². The highest BCUT2D eigenvalue weighted by Crippen LogP contribution is 2.28. The van der Waals surface area contributed by atoms with E-state index in [1.165, 1.54) is 12.1 Å². The lowest BCUT2D eigenvalue weighted by Gasteiger charge is -2.13. The van der Waals surface area contributed by atoms with Gasteiger partial charge in [-0.1, -0.05) is 0 Å². The lowest BCUT2D eigenvalue weighted by molar-refractivity contribution is 0.208. The molecule has 0 aliphatic carbocycles. The molecule has 0 bridgehead atoms. The summed E-state index contributed by atoms with van der Waals surface area (Å²) >= 11 is 0. The predicted octanol–water partition coefficient (Wildman–Crippen LogP) is 1.60. The van der Waals surface area contributed by atoms with Gasteiger partial charge in [-0.15, -0.1) is 0 Å². The van der Waals surface area contributed by atoms with Crippen molar-refractivity contribution in [2.45, 2.75) is 20.0 Å².